The standard InChI is InChI=1S/C21H30N2O5/c1-13(2)10-16(22-20(27)28-21(3,4)5)19(26)23-15(12-18(24)25)11-14-8-6-7-9-17(14)23/h6-9,13,15-16H,10-12H2,1-5H3,(H,22,27)(H,24,25)/t15-,16+/m1/s1. The van der Waals surface area contributed by atoms with Gasteiger partial charge in [-0.15, -0.1) is 0 Å². The number of ether oxygens (including phenoxy) is 1. The first-order chi connectivity index (χ1) is 13.0. The molecule has 154 valence electrons. The number of carbonyl (C=O) groups excluding carboxylic acids is 2. The maximum atomic E-state index is 13.4. The summed E-state index contributed by atoms with van der Waals surface area (Å²) < 4.78 is 5.31. The van der Waals surface area contributed by atoms with Crippen LogP contribution in [0.4, 0.5) is 10.5 Å². The molecule has 0 unspecified atom stereocenters. The Bertz CT molecular complexity index is 739. The fourth-order valence-electron chi connectivity index (χ4n) is 3.43. The third-order valence-corrected chi connectivity index (χ3v) is 4.42. The van der Waals surface area contributed by atoms with Gasteiger partial charge in [0.15, 0.2) is 0 Å². The Kier molecular flexibility index (Phi) is 6.69. The third-order valence-electron chi connectivity index (χ3n) is 4.42. The molecule has 1 aromatic carbocycles. The van der Waals surface area contributed by atoms with Crippen LogP contribution in [-0.2, 0) is 20.7 Å². The van der Waals surface area contributed by atoms with E-state index in [0.29, 0.717) is 18.5 Å². The number of anilines is 1. The lowest BCUT2D eigenvalue weighted by Crippen LogP contribution is -2.52. The molecule has 1 aliphatic rings. The summed E-state index contributed by atoms with van der Waals surface area (Å²) in [5.41, 5.74) is 0.961. The number of hydrogen-bond acceptors (Lipinski definition) is 4. The van der Waals surface area contributed by atoms with Crippen molar-refractivity contribution in [3.8, 4) is 0 Å². The summed E-state index contributed by atoms with van der Waals surface area (Å²) in [6, 6.07) is 6.14. The van der Waals surface area contributed by atoms with Gasteiger partial charge in [-0.25, -0.2) is 4.79 Å². The van der Waals surface area contributed by atoms with Crippen LogP contribution in [0.2, 0.25) is 0 Å². The van der Waals surface area contributed by atoms with Gasteiger partial charge in [-0.2, -0.15) is 0 Å². The number of amides is 2. The quantitative estimate of drug-likeness (QED) is 0.776. The zero-order valence-corrected chi connectivity index (χ0v) is 17.2. The van der Waals surface area contributed by atoms with Gasteiger partial charge in [-0.1, -0.05) is 32.0 Å². The molecule has 0 aliphatic carbocycles. The summed E-state index contributed by atoms with van der Waals surface area (Å²) in [7, 11) is 0. The van der Waals surface area contributed by atoms with Crippen molar-refractivity contribution in [2.45, 2.75) is 71.6 Å². The number of aliphatic carboxylic acids is 1. The number of fused-ring (bicyclic) bond motifs is 1. The van der Waals surface area contributed by atoms with Gasteiger partial charge in [0.05, 0.1) is 12.5 Å². The smallest absolute Gasteiger partial charge is 0.408 e. The Hall–Kier alpha value is -2.57. The minimum Gasteiger partial charge on any atom is -0.481 e. The zero-order valence-electron chi connectivity index (χ0n) is 17.2. The Labute approximate surface area is 166 Å². The molecule has 2 amide bonds. The van der Waals surface area contributed by atoms with E-state index < -0.39 is 29.7 Å². The topological polar surface area (TPSA) is 95.9 Å². The molecular weight excluding hydrogens is 360 g/mol. The molecule has 7 nitrogen and oxygen atoms in total. The van der Waals surface area contributed by atoms with Crippen LogP contribution >= 0.6 is 0 Å². The summed E-state index contributed by atoms with van der Waals surface area (Å²) in [6.45, 7) is 9.19. The number of nitrogens with zero attached hydrogens (tertiary/aromatic N) is 1. The fourth-order valence-corrected chi connectivity index (χ4v) is 3.43. The van der Waals surface area contributed by atoms with Crippen LogP contribution in [0.25, 0.3) is 0 Å². The molecule has 1 aliphatic heterocycles. The second kappa shape index (κ2) is 8.63. The van der Waals surface area contributed by atoms with Crippen LogP contribution in [0.1, 0.15) is 53.0 Å². The molecule has 0 saturated heterocycles. The van der Waals surface area contributed by atoms with Crippen LogP contribution in [0.3, 0.4) is 0 Å². The van der Waals surface area contributed by atoms with Gasteiger partial charge < -0.3 is 20.1 Å². The number of carboxylic acids is 1. The number of rotatable bonds is 6. The highest BCUT2D eigenvalue weighted by molar-refractivity contribution is 6.01. The molecule has 0 saturated carbocycles. The Morgan fingerprint density at radius 3 is 2.46 bits per heavy atom. The highest BCUT2D eigenvalue weighted by atomic mass is 16.6. The van der Waals surface area contributed by atoms with E-state index in [9.17, 15) is 19.5 Å². The van der Waals surface area contributed by atoms with Gasteiger partial charge in [0.1, 0.15) is 11.6 Å². The molecule has 2 atom stereocenters. The van der Waals surface area contributed by atoms with Gasteiger partial charge in [0, 0.05) is 5.69 Å². The second-order valence-corrected chi connectivity index (χ2v) is 8.62. The number of carbonyl (C=O) groups is 3. The van der Waals surface area contributed by atoms with Crippen molar-refractivity contribution in [3.63, 3.8) is 0 Å². The Balaban J connectivity index is 2.29. The lowest BCUT2D eigenvalue weighted by Gasteiger charge is -2.30. The molecule has 28 heavy (non-hydrogen) atoms. The van der Waals surface area contributed by atoms with Crippen molar-refractivity contribution < 1.29 is 24.2 Å². The first-order valence-electron chi connectivity index (χ1n) is 9.60. The van der Waals surface area contributed by atoms with Crippen molar-refractivity contribution in [1.29, 1.82) is 0 Å². The van der Waals surface area contributed by atoms with Gasteiger partial charge in [-0.3, -0.25) is 9.59 Å². The van der Waals surface area contributed by atoms with Crippen molar-refractivity contribution in [2.24, 2.45) is 5.92 Å². The van der Waals surface area contributed by atoms with Crippen LogP contribution in [0.15, 0.2) is 24.3 Å². The van der Waals surface area contributed by atoms with E-state index >= 15 is 0 Å². The minimum absolute atomic E-state index is 0.152. The van der Waals surface area contributed by atoms with Gasteiger partial charge >= 0.3 is 12.1 Å². The molecule has 1 heterocycles. The summed E-state index contributed by atoms with van der Waals surface area (Å²) in [5, 5.41) is 12.0. The normalized spacial score (nSPS) is 17.2. The SMILES string of the molecule is CC(C)C[C@H](NC(=O)OC(C)(C)C)C(=O)N1c2ccccc2C[C@@H]1CC(=O)O. The van der Waals surface area contributed by atoms with E-state index in [2.05, 4.69) is 5.32 Å². The highest BCUT2D eigenvalue weighted by Crippen LogP contribution is 2.34. The van der Waals surface area contributed by atoms with Crippen molar-refractivity contribution in [3.05, 3.63) is 29.8 Å². The Morgan fingerprint density at radius 1 is 1.25 bits per heavy atom. The third kappa shape index (κ3) is 5.71. The molecule has 7 heteroatoms. The monoisotopic (exact) mass is 390 g/mol. The average Bonchev–Trinajstić information content (AvgIpc) is 2.88. The first kappa shape index (κ1) is 21.7. The number of alkyl carbamates (subject to hydrolysis) is 1. The molecule has 2 N–H and O–H groups in total. The van der Waals surface area contributed by atoms with E-state index in [1.54, 1.807) is 20.8 Å². The average molecular weight is 390 g/mol. The van der Waals surface area contributed by atoms with E-state index in [1.165, 1.54) is 4.90 Å². The van der Waals surface area contributed by atoms with Crippen LogP contribution in [0, 0.1) is 5.92 Å². The zero-order chi connectivity index (χ0) is 21.1. The van der Waals surface area contributed by atoms with Crippen molar-refractivity contribution in [2.75, 3.05) is 4.90 Å². The van der Waals surface area contributed by atoms with Gasteiger partial charge in [-0.05, 0) is 51.2 Å². The maximum Gasteiger partial charge on any atom is 0.408 e. The predicted molar refractivity (Wildman–Crippen MR) is 106 cm³/mol. The summed E-state index contributed by atoms with van der Waals surface area (Å²) >= 11 is 0. The molecule has 0 fully saturated rings. The van der Waals surface area contributed by atoms with Crippen LogP contribution in [0.5, 0.6) is 0 Å². The Morgan fingerprint density at radius 2 is 1.89 bits per heavy atom. The molecule has 0 radical (unpaired) electrons. The molecule has 0 bridgehead atoms. The van der Waals surface area contributed by atoms with E-state index in [1.807, 2.05) is 38.1 Å². The van der Waals surface area contributed by atoms with Crippen LogP contribution in [-0.4, -0.2) is 40.8 Å². The minimum atomic E-state index is -0.962. The summed E-state index contributed by atoms with van der Waals surface area (Å²) in [4.78, 5) is 38.5. The van der Waals surface area contributed by atoms with E-state index in [-0.39, 0.29) is 18.2 Å². The van der Waals surface area contributed by atoms with Crippen molar-refractivity contribution >= 4 is 23.7 Å². The predicted octanol–water partition coefficient (Wildman–Crippen LogP) is 3.36. The number of carboxylic acid groups (broad SMARTS) is 1. The second-order valence-electron chi connectivity index (χ2n) is 8.62. The largest absolute Gasteiger partial charge is 0.481 e. The molecule has 0 aromatic heterocycles. The summed E-state index contributed by atoms with van der Waals surface area (Å²) in [5.74, 6) is -1.12. The molecular formula is C21H30N2O5. The lowest BCUT2D eigenvalue weighted by molar-refractivity contribution is -0.137. The first-order valence-corrected chi connectivity index (χ1v) is 9.60. The number of nitrogens with one attached hydrogen (secondary N) is 1. The van der Waals surface area contributed by atoms with E-state index in [4.69, 9.17) is 4.74 Å². The van der Waals surface area contributed by atoms with Crippen LogP contribution < -0.4 is 10.2 Å². The molecule has 1 aromatic rings. The number of hydrogen-bond donors (Lipinski definition) is 2. The number of benzene rings is 1. The van der Waals surface area contributed by atoms with Gasteiger partial charge in [0.2, 0.25) is 5.91 Å². The molecule has 0 spiro atoms. The highest BCUT2D eigenvalue weighted by Gasteiger charge is 2.39. The lowest BCUT2D eigenvalue weighted by atomic mass is 10.0. The van der Waals surface area contributed by atoms with Crippen molar-refractivity contribution in [1.82, 2.24) is 5.32 Å². The fraction of sp³-hybridized carbons (Fsp3) is 0.571. The summed E-state index contributed by atoms with van der Waals surface area (Å²) in [6.07, 6.45) is 0.0982. The maximum absolute atomic E-state index is 13.4. The molecule has 2 rings (SSSR count). The van der Waals surface area contributed by atoms with E-state index in [0.717, 1.165) is 5.56 Å². The van der Waals surface area contributed by atoms with Gasteiger partial charge in [0.25, 0.3) is 0 Å². The number of para-hydroxylation sites is 1.